The average Bonchev–Trinajstić information content (AvgIpc) is 3.52. The van der Waals surface area contributed by atoms with E-state index in [1.54, 1.807) is 13.0 Å². The molecule has 2 aromatic carbocycles. The first-order chi connectivity index (χ1) is 15.1. The Balaban J connectivity index is 0.00000141. The minimum absolute atomic E-state index is 0.0290. The second kappa shape index (κ2) is 9.21. The van der Waals surface area contributed by atoms with Crippen LogP contribution in [0, 0.1) is 18.6 Å². The number of aryl methyl sites for hydroxylation is 1. The molecule has 0 amide bonds. The number of aliphatic hydroxyl groups is 2. The Hall–Kier alpha value is -2.43. The van der Waals surface area contributed by atoms with Gasteiger partial charge in [-0.1, -0.05) is 19.9 Å². The van der Waals surface area contributed by atoms with Gasteiger partial charge in [-0.15, -0.1) is 0 Å². The van der Waals surface area contributed by atoms with E-state index in [2.05, 4.69) is 10.0 Å². The summed E-state index contributed by atoms with van der Waals surface area (Å²) in [4.78, 5) is 0. The summed E-state index contributed by atoms with van der Waals surface area (Å²) < 4.78 is 61.4. The molecule has 1 aliphatic heterocycles. The smallest absolute Gasteiger partial charge is 0.238 e. The topological polar surface area (TPSA) is 108 Å². The fourth-order valence-electron chi connectivity index (χ4n) is 3.53. The Kier molecular flexibility index (Phi) is 6.97. The van der Waals surface area contributed by atoms with Gasteiger partial charge in [-0.2, -0.15) is 0 Å². The molecule has 1 heterocycles. The molecule has 4 N–H and O–H groups in total. The summed E-state index contributed by atoms with van der Waals surface area (Å²) in [5, 5.41) is 23.0. The molecule has 0 saturated heterocycles. The van der Waals surface area contributed by atoms with Crippen LogP contribution in [-0.4, -0.2) is 42.2 Å². The number of rotatable bonds is 2. The van der Waals surface area contributed by atoms with E-state index in [4.69, 9.17) is 4.74 Å². The number of benzene rings is 2. The highest BCUT2D eigenvalue weighted by Gasteiger charge is 2.56. The summed E-state index contributed by atoms with van der Waals surface area (Å²) in [6.07, 6.45) is -2.17. The van der Waals surface area contributed by atoms with Crippen molar-refractivity contribution in [3.8, 4) is 5.75 Å². The Bertz CT molecular complexity index is 1090. The van der Waals surface area contributed by atoms with Crippen LogP contribution in [-0.2, 0) is 10.0 Å². The van der Waals surface area contributed by atoms with Crippen LogP contribution < -0.4 is 14.8 Å². The molecule has 0 bridgehead atoms. The normalized spacial score (nSPS) is 23.0. The van der Waals surface area contributed by atoms with Gasteiger partial charge in [0.25, 0.3) is 0 Å². The lowest BCUT2D eigenvalue weighted by atomic mass is 10.1. The van der Waals surface area contributed by atoms with Crippen molar-refractivity contribution < 1.29 is 32.1 Å². The Morgan fingerprint density at radius 2 is 1.78 bits per heavy atom. The lowest BCUT2D eigenvalue weighted by Crippen LogP contribution is -2.41. The van der Waals surface area contributed by atoms with E-state index < -0.39 is 38.6 Å². The maximum Gasteiger partial charge on any atom is 0.238 e. The predicted octanol–water partition coefficient (Wildman–Crippen LogP) is 3.82. The highest BCUT2D eigenvalue weighted by atomic mass is 32.2. The zero-order valence-electron chi connectivity index (χ0n) is 18.2. The summed E-state index contributed by atoms with van der Waals surface area (Å²) in [7, 11) is -4.02. The van der Waals surface area contributed by atoms with E-state index in [9.17, 15) is 27.4 Å². The molecule has 32 heavy (non-hydrogen) atoms. The molecule has 2 aliphatic rings. The van der Waals surface area contributed by atoms with Crippen molar-refractivity contribution in [2.24, 2.45) is 0 Å². The van der Waals surface area contributed by atoms with Crippen molar-refractivity contribution in [2.75, 3.05) is 16.6 Å². The number of fused-ring (bicyclic) bond motifs is 1. The second-order valence-corrected chi connectivity index (χ2v) is 9.95. The average molecular weight is 471 g/mol. The number of nitrogens with one attached hydrogen (secondary N) is 2. The molecule has 176 valence electrons. The minimum Gasteiger partial charge on any atom is -0.488 e. The monoisotopic (exact) mass is 470 g/mol. The van der Waals surface area contributed by atoms with Gasteiger partial charge in [-0.05, 0) is 49.9 Å². The van der Waals surface area contributed by atoms with Crippen molar-refractivity contribution in [2.45, 2.75) is 57.0 Å². The Morgan fingerprint density at radius 1 is 1.09 bits per heavy atom. The van der Waals surface area contributed by atoms with E-state index in [1.165, 1.54) is 12.1 Å². The molecule has 1 aliphatic carbocycles. The van der Waals surface area contributed by atoms with Gasteiger partial charge in [-0.25, -0.2) is 17.2 Å². The molecule has 2 atom stereocenters. The standard InChI is InChI=1S/C20H22F2N2O5S.C2H6/c1-11-2-3-14(13(22)6-11)23-15-7-12(21)8-18-19(15)24-30(27,28)20(4-5-20)9-16(25)17(26)10-29-18;1-2/h2-3,6-8,16-17,23-26H,4-5,9-10H2,1H3;1-2H3. The van der Waals surface area contributed by atoms with Crippen molar-refractivity contribution in [3.05, 3.63) is 47.5 Å². The molecule has 1 fully saturated rings. The fourth-order valence-corrected chi connectivity index (χ4v) is 5.26. The Labute approximate surface area is 186 Å². The molecule has 7 nitrogen and oxygen atoms in total. The van der Waals surface area contributed by atoms with Crippen molar-refractivity contribution >= 4 is 27.1 Å². The van der Waals surface area contributed by atoms with E-state index in [-0.39, 0.29) is 35.8 Å². The van der Waals surface area contributed by atoms with E-state index >= 15 is 0 Å². The van der Waals surface area contributed by atoms with Crippen LogP contribution in [0.25, 0.3) is 0 Å². The van der Waals surface area contributed by atoms with Gasteiger partial charge in [0.05, 0.1) is 22.2 Å². The SMILES string of the molecule is CC.Cc1ccc(Nc2cc(F)cc3c2NS(=O)(=O)C2(CC2)CC(O)C(O)CO3)c(F)c1. The molecular weight excluding hydrogens is 442 g/mol. The number of ether oxygens (including phenoxy) is 1. The van der Waals surface area contributed by atoms with Gasteiger partial charge in [0.15, 0.2) is 0 Å². The first-order valence-corrected chi connectivity index (χ1v) is 12.0. The number of sulfonamides is 1. The van der Waals surface area contributed by atoms with Gasteiger partial charge in [0.1, 0.15) is 35.8 Å². The molecule has 10 heteroatoms. The van der Waals surface area contributed by atoms with Gasteiger partial charge in [-0.3, -0.25) is 4.72 Å². The van der Waals surface area contributed by atoms with Crippen LogP contribution in [0.15, 0.2) is 30.3 Å². The Morgan fingerprint density at radius 3 is 2.41 bits per heavy atom. The third-order valence-electron chi connectivity index (χ3n) is 5.51. The number of hydrogen-bond acceptors (Lipinski definition) is 6. The summed E-state index contributed by atoms with van der Waals surface area (Å²) in [6.45, 7) is 5.35. The lowest BCUT2D eigenvalue weighted by Gasteiger charge is -2.28. The van der Waals surface area contributed by atoms with Crippen molar-refractivity contribution in [3.63, 3.8) is 0 Å². The number of hydrogen-bond donors (Lipinski definition) is 4. The molecule has 0 aromatic heterocycles. The molecule has 1 saturated carbocycles. The predicted molar refractivity (Wildman–Crippen MR) is 119 cm³/mol. The van der Waals surface area contributed by atoms with Crippen molar-refractivity contribution in [1.82, 2.24) is 0 Å². The molecule has 2 unspecified atom stereocenters. The van der Waals surface area contributed by atoms with Gasteiger partial charge >= 0.3 is 0 Å². The quantitative estimate of drug-likeness (QED) is 0.532. The molecule has 0 radical (unpaired) electrons. The van der Waals surface area contributed by atoms with Crippen molar-refractivity contribution in [1.29, 1.82) is 0 Å². The second-order valence-electron chi connectivity index (χ2n) is 7.87. The zero-order chi connectivity index (χ0) is 23.7. The zero-order valence-corrected chi connectivity index (χ0v) is 19.0. The van der Waals surface area contributed by atoms with E-state index in [1.807, 2.05) is 13.8 Å². The number of aliphatic hydroxyl groups excluding tert-OH is 2. The summed E-state index contributed by atoms with van der Waals surface area (Å²) >= 11 is 0. The van der Waals surface area contributed by atoms with E-state index in [0.29, 0.717) is 18.4 Å². The fraction of sp³-hybridized carbons (Fsp3) is 0.455. The van der Waals surface area contributed by atoms with Crippen LogP contribution in [0.4, 0.5) is 25.8 Å². The summed E-state index contributed by atoms with van der Waals surface area (Å²) in [5.41, 5.74) is 0.586. The molecular formula is C22H28F2N2O5S. The first kappa shape index (κ1) is 24.2. The number of halogens is 2. The van der Waals surface area contributed by atoms with Gasteiger partial charge in [0, 0.05) is 6.07 Å². The molecule has 4 rings (SSSR count). The van der Waals surface area contributed by atoms with Crippen LogP contribution in [0.3, 0.4) is 0 Å². The third-order valence-corrected chi connectivity index (χ3v) is 7.70. The van der Waals surface area contributed by atoms with Crippen LogP contribution >= 0.6 is 0 Å². The van der Waals surface area contributed by atoms with E-state index in [0.717, 1.165) is 12.1 Å². The molecule has 1 spiro atoms. The maximum absolute atomic E-state index is 14.3. The van der Waals surface area contributed by atoms with Gasteiger partial charge < -0.3 is 20.3 Å². The van der Waals surface area contributed by atoms with Crippen LogP contribution in [0.1, 0.15) is 38.7 Å². The molecule has 2 aromatic rings. The van der Waals surface area contributed by atoms with Crippen LogP contribution in [0.5, 0.6) is 5.75 Å². The maximum atomic E-state index is 14.3. The highest BCUT2D eigenvalue weighted by Crippen LogP contribution is 2.50. The highest BCUT2D eigenvalue weighted by molar-refractivity contribution is 7.94. The lowest BCUT2D eigenvalue weighted by molar-refractivity contribution is -0.0129. The third kappa shape index (κ3) is 4.82. The van der Waals surface area contributed by atoms with Gasteiger partial charge in [0.2, 0.25) is 10.0 Å². The summed E-state index contributed by atoms with van der Waals surface area (Å²) in [6, 6.07) is 6.40. The first-order valence-electron chi connectivity index (χ1n) is 10.5. The van der Waals surface area contributed by atoms with Crippen LogP contribution in [0.2, 0.25) is 0 Å². The summed E-state index contributed by atoms with van der Waals surface area (Å²) in [5.74, 6) is -1.53. The number of anilines is 3. The largest absolute Gasteiger partial charge is 0.488 e. The minimum atomic E-state index is -4.02.